The lowest BCUT2D eigenvalue weighted by Gasteiger charge is -2.46. The lowest BCUT2D eigenvalue weighted by atomic mass is 9.87. The van der Waals surface area contributed by atoms with Gasteiger partial charge in [0.05, 0.1) is 0 Å². The summed E-state index contributed by atoms with van der Waals surface area (Å²) in [5, 5.41) is 6.97. The van der Waals surface area contributed by atoms with E-state index in [-0.39, 0.29) is 17.9 Å². The van der Waals surface area contributed by atoms with E-state index < -0.39 is 5.54 Å². The van der Waals surface area contributed by atoms with Crippen molar-refractivity contribution in [2.24, 2.45) is 5.92 Å². The molecule has 1 aliphatic carbocycles. The van der Waals surface area contributed by atoms with Gasteiger partial charge in [-0.1, -0.05) is 6.92 Å². The summed E-state index contributed by atoms with van der Waals surface area (Å²) in [5.41, 5.74) is 0.435. The molecule has 0 bridgehead atoms. The van der Waals surface area contributed by atoms with Crippen LogP contribution in [0.25, 0.3) is 0 Å². The quantitative estimate of drug-likeness (QED) is 0.924. The molecule has 4 nitrogen and oxygen atoms in total. The molecule has 0 spiro atoms. The molecule has 1 N–H and O–H groups in total. The van der Waals surface area contributed by atoms with Gasteiger partial charge < -0.3 is 10.2 Å². The first-order valence-corrected chi connectivity index (χ1v) is 8.15. The number of piperazine rings is 1. The van der Waals surface area contributed by atoms with Gasteiger partial charge in [0, 0.05) is 6.54 Å². The standard InChI is InChI=1S/C15H20N2O2S/c1-3-12-13(18)17(8-10-6-7-20-9-10)15(2,11-4-5-11)14(19)16-12/h6-7,9,11-12H,3-5,8H2,1-2H3,(H,16,19). The van der Waals surface area contributed by atoms with Gasteiger partial charge in [0.1, 0.15) is 11.6 Å². The predicted molar refractivity (Wildman–Crippen MR) is 78.2 cm³/mol. The Bertz CT molecular complexity index is 524. The molecule has 1 aromatic heterocycles. The molecule has 2 unspecified atom stereocenters. The fourth-order valence-electron chi connectivity index (χ4n) is 3.04. The van der Waals surface area contributed by atoms with Gasteiger partial charge in [-0.15, -0.1) is 0 Å². The topological polar surface area (TPSA) is 49.4 Å². The van der Waals surface area contributed by atoms with Crippen LogP contribution in [0.5, 0.6) is 0 Å². The fourth-order valence-corrected chi connectivity index (χ4v) is 3.70. The van der Waals surface area contributed by atoms with E-state index in [1.165, 1.54) is 0 Å². The molecule has 2 heterocycles. The molecule has 1 aliphatic heterocycles. The maximum Gasteiger partial charge on any atom is 0.246 e. The van der Waals surface area contributed by atoms with Crippen LogP contribution in [-0.2, 0) is 16.1 Å². The molecule has 20 heavy (non-hydrogen) atoms. The minimum atomic E-state index is -0.676. The first-order chi connectivity index (χ1) is 9.57. The highest BCUT2D eigenvalue weighted by Gasteiger charge is 2.56. The Kier molecular flexibility index (Phi) is 3.32. The highest BCUT2D eigenvalue weighted by molar-refractivity contribution is 7.07. The van der Waals surface area contributed by atoms with E-state index in [1.54, 1.807) is 11.3 Å². The Balaban J connectivity index is 1.93. The van der Waals surface area contributed by atoms with Crippen LogP contribution in [0.2, 0.25) is 0 Å². The molecule has 5 heteroatoms. The zero-order valence-corrected chi connectivity index (χ0v) is 12.7. The van der Waals surface area contributed by atoms with E-state index in [9.17, 15) is 9.59 Å². The van der Waals surface area contributed by atoms with Crippen LogP contribution in [0.3, 0.4) is 0 Å². The molecule has 2 aliphatic rings. The second kappa shape index (κ2) is 4.88. The summed E-state index contributed by atoms with van der Waals surface area (Å²) in [6, 6.07) is 1.66. The van der Waals surface area contributed by atoms with Gasteiger partial charge in [-0.2, -0.15) is 11.3 Å². The average Bonchev–Trinajstić information content (AvgIpc) is 3.17. The predicted octanol–water partition coefficient (Wildman–Crippen LogP) is 2.15. The third-order valence-corrected chi connectivity index (χ3v) is 5.32. The summed E-state index contributed by atoms with van der Waals surface area (Å²) in [7, 11) is 0. The third-order valence-electron chi connectivity index (χ3n) is 4.59. The van der Waals surface area contributed by atoms with Gasteiger partial charge in [0.25, 0.3) is 0 Å². The van der Waals surface area contributed by atoms with Crippen molar-refractivity contribution >= 4 is 23.2 Å². The van der Waals surface area contributed by atoms with Crippen molar-refractivity contribution in [1.29, 1.82) is 0 Å². The lowest BCUT2D eigenvalue weighted by molar-refractivity contribution is -0.159. The lowest BCUT2D eigenvalue weighted by Crippen LogP contribution is -2.69. The molecule has 1 saturated heterocycles. The zero-order valence-electron chi connectivity index (χ0n) is 11.9. The van der Waals surface area contributed by atoms with Crippen molar-refractivity contribution in [2.75, 3.05) is 0 Å². The van der Waals surface area contributed by atoms with E-state index in [0.717, 1.165) is 18.4 Å². The normalized spacial score (nSPS) is 30.5. The number of hydrogen-bond donors (Lipinski definition) is 1. The smallest absolute Gasteiger partial charge is 0.246 e. The van der Waals surface area contributed by atoms with Crippen molar-refractivity contribution in [3.8, 4) is 0 Å². The van der Waals surface area contributed by atoms with Gasteiger partial charge in [0.15, 0.2) is 0 Å². The molecule has 2 fully saturated rings. The SMILES string of the molecule is CCC1NC(=O)C(C)(C2CC2)N(Cc2ccsc2)C1=O. The summed E-state index contributed by atoms with van der Waals surface area (Å²) >= 11 is 1.62. The first-order valence-electron chi connectivity index (χ1n) is 7.21. The molecular weight excluding hydrogens is 272 g/mol. The van der Waals surface area contributed by atoms with Crippen LogP contribution in [-0.4, -0.2) is 28.3 Å². The summed E-state index contributed by atoms with van der Waals surface area (Å²) in [6.07, 6.45) is 2.72. The molecule has 2 atom stereocenters. The zero-order chi connectivity index (χ0) is 14.3. The molecular formula is C15H20N2O2S. The Morgan fingerprint density at radius 1 is 1.45 bits per heavy atom. The van der Waals surface area contributed by atoms with Gasteiger partial charge in [0.2, 0.25) is 11.8 Å². The number of nitrogens with one attached hydrogen (secondary N) is 1. The van der Waals surface area contributed by atoms with E-state index in [2.05, 4.69) is 5.32 Å². The van der Waals surface area contributed by atoms with Gasteiger partial charge in [-0.05, 0) is 54.5 Å². The van der Waals surface area contributed by atoms with Gasteiger partial charge in [-0.3, -0.25) is 9.59 Å². The number of hydrogen-bond acceptors (Lipinski definition) is 3. The van der Waals surface area contributed by atoms with Crippen molar-refractivity contribution in [2.45, 2.75) is 51.2 Å². The Morgan fingerprint density at radius 2 is 2.20 bits per heavy atom. The third kappa shape index (κ3) is 2.04. The Labute approximate surface area is 123 Å². The highest BCUT2D eigenvalue weighted by Crippen LogP contribution is 2.45. The van der Waals surface area contributed by atoms with Crippen LogP contribution in [0, 0.1) is 5.92 Å². The maximum atomic E-state index is 12.7. The van der Waals surface area contributed by atoms with Gasteiger partial charge >= 0.3 is 0 Å². The molecule has 3 rings (SSSR count). The summed E-state index contributed by atoms with van der Waals surface area (Å²) in [5.74, 6) is 0.386. The molecule has 1 saturated carbocycles. The molecule has 2 amide bonds. The number of amides is 2. The fraction of sp³-hybridized carbons (Fsp3) is 0.600. The monoisotopic (exact) mass is 292 g/mol. The second-order valence-corrected chi connectivity index (χ2v) is 6.69. The molecule has 1 aromatic rings. The van der Waals surface area contributed by atoms with Crippen LogP contribution in [0.15, 0.2) is 16.8 Å². The minimum Gasteiger partial charge on any atom is -0.342 e. The summed E-state index contributed by atoms with van der Waals surface area (Å²) in [6.45, 7) is 4.40. The highest BCUT2D eigenvalue weighted by atomic mass is 32.1. The van der Waals surface area contributed by atoms with Crippen LogP contribution in [0.4, 0.5) is 0 Å². The van der Waals surface area contributed by atoms with E-state index in [4.69, 9.17) is 0 Å². The summed E-state index contributed by atoms with van der Waals surface area (Å²) in [4.78, 5) is 27.1. The Morgan fingerprint density at radius 3 is 2.75 bits per heavy atom. The number of nitrogens with zero attached hydrogens (tertiary/aromatic N) is 1. The van der Waals surface area contributed by atoms with Crippen molar-refractivity contribution in [3.63, 3.8) is 0 Å². The van der Waals surface area contributed by atoms with Crippen LogP contribution >= 0.6 is 11.3 Å². The van der Waals surface area contributed by atoms with Crippen molar-refractivity contribution in [3.05, 3.63) is 22.4 Å². The van der Waals surface area contributed by atoms with E-state index in [0.29, 0.717) is 18.9 Å². The molecule has 0 aromatic carbocycles. The van der Waals surface area contributed by atoms with Gasteiger partial charge in [-0.25, -0.2) is 0 Å². The maximum absolute atomic E-state index is 12.7. The van der Waals surface area contributed by atoms with E-state index in [1.807, 2.05) is 35.6 Å². The summed E-state index contributed by atoms with van der Waals surface area (Å²) < 4.78 is 0. The van der Waals surface area contributed by atoms with Crippen LogP contribution in [0.1, 0.15) is 38.7 Å². The van der Waals surface area contributed by atoms with E-state index >= 15 is 0 Å². The number of carbonyl (C=O) groups is 2. The molecule has 0 radical (unpaired) electrons. The molecule has 108 valence electrons. The van der Waals surface area contributed by atoms with Crippen molar-refractivity contribution < 1.29 is 9.59 Å². The Hall–Kier alpha value is -1.36. The first kappa shape index (κ1) is 13.6. The van der Waals surface area contributed by atoms with Crippen molar-refractivity contribution in [1.82, 2.24) is 10.2 Å². The second-order valence-electron chi connectivity index (χ2n) is 5.91. The number of rotatable bonds is 4. The van der Waals surface area contributed by atoms with Crippen LogP contribution < -0.4 is 5.32 Å². The average molecular weight is 292 g/mol. The minimum absolute atomic E-state index is 0.0154. The number of carbonyl (C=O) groups excluding carboxylic acids is 2. The largest absolute Gasteiger partial charge is 0.342 e. The number of thiophene rings is 1.